The van der Waals surface area contributed by atoms with E-state index in [0.717, 1.165) is 5.56 Å². The number of halogens is 2. The summed E-state index contributed by atoms with van der Waals surface area (Å²) >= 11 is 6.45. The summed E-state index contributed by atoms with van der Waals surface area (Å²) in [5.41, 5.74) is 6.68. The molecule has 94 valence electrons. The summed E-state index contributed by atoms with van der Waals surface area (Å²) in [5, 5.41) is 9.60. The molecule has 1 amide bonds. The van der Waals surface area contributed by atoms with Crippen LogP contribution in [0, 0.1) is 0 Å². The minimum absolute atomic E-state index is 0.110. The zero-order valence-electron chi connectivity index (χ0n) is 9.32. The van der Waals surface area contributed by atoms with E-state index in [4.69, 9.17) is 5.73 Å². The number of guanidine groups is 1. The number of aliphatic imine (C=N–C) groups is 1. The molecular weight excluding hydrogens is 366 g/mol. The summed E-state index contributed by atoms with van der Waals surface area (Å²) in [7, 11) is 1.67. The van der Waals surface area contributed by atoms with Crippen LogP contribution in [0.2, 0.25) is 0 Å². The van der Waals surface area contributed by atoms with E-state index < -0.39 is 0 Å². The number of hydrogen-bond donors (Lipinski definition) is 2. The highest BCUT2D eigenvalue weighted by Crippen LogP contribution is 2.34. The molecule has 2 rings (SSSR count). The quantitative estimate of drug-likeness (QED) is 0.737. The number of benzene rings is 1. The van der Waals surface area contributed by atoms with Gasteiger partial charge in [-0.3, -0.25) is 4.79 Å². The van der Waals surface area contributed by atoms with Gasteiger partial charge in [-0.25, -0.2) is 0 Å². The van der Waals surface area contributed by atoms with E-state index >= 15 is 0 Å². The molecule has 0 saturated carbocycles. The van der Waals surface area contributed by atoms with E-state index in [1.165, 1.54) is 4.90 Å². The first-order chi connectivity index (χ1) is 8.40. The van der Waals surface area contributed by atoms with Crippen molar-refractivity contribution in [3.8, 4) is 5.75 Å². The van der Waals surface area contributed by atoms with Gasteiger partial charge in [0.25, 0.3) is 5.91 Å². The molecule has 0 fully saturated rings. The van der Waals surface area contributed by atoms with Crippen LogP contribution in [-0.4, -0.2) is 28.9 Å². The van der Waals surface area contributed by atoms with Gasteiger partial charge in [0.1, 0.15) is 11.4 Å². The third-order valence-electron chi connectivity index (χ3n) is 2.48. The summed E-state index contributed by atoms with van der Waals surface area (Å²) in [5.74, 6) is -0.0995. The van der Waals surface area contributed by atoms with Gasteiger partial charge in [-0.1, -0.05) is 0 Å². The Morgan fingerprint density at radius 3 is 2.39 bits per heavy atom. The lowest BCUT2D eigenvalue weighted by Crippen LogP contribution is -2.28. The zero-order chi connectivity index (χ0) is 13.4. The second-order valence-corrected chi connectivity index (χ2v) is 5.41. The Labute approximate surface area is 120 Å². The number of hydrogen-bond acceptors (Lipinski definition) is 4. The van der Waals surface area contributed by atoms with Crippen LogP contribution in [0.4, 0.5) is 0 Å². The third-order valence-corrected chi connectivity index (χ3v) is 3.69. The molecule has 0 unspecified atom stereocenters. The molecule has 5 nitrogen and oxygen atoms in total. The van der Waals surface area contributed by atoms with Crippen molar-refractivity contribution in [1.82, 2.24) is 4.90 Å². The zero-order valence-corrected chi connectivity index (χ0v) is 12.5. The first-order valence-corrected chi connectivity index (χ1v) is 6.50. The Bertz CT molecular complexity index is 573. The Kier molecular flexibility index (Phi) is 3.45. The maximum absolute atomic E-state index is 11.6. The molecule has 0 aromatic heterocycles. The van der Waals surface area contributed by atoms with Crippen LogP contribution in [-0.2, 0) is 4.79 Å². The molecular formula is C11H9Br2N3O2. The molecule has 1 heterocycles. The number of aromatic hydroxyl groups is 1. The minimum Gasteiger partial charge on any atom is -0.506 e. The van der Waals surface area contributed by atoms with E-state index in [0.29, 0.717) is 14.6 Å². The lowest BCUT2D eigenvalue weighted by atomic mass is 10.2. The molecule has 3 N–H and O–H groups in total. The highest BCUT2D eigenvalue weighted by molar-refractivity contribution is 9.11. The Balaban J connectivity index is 2.44. The molecule has 1 aromatic rings. The number of nitrogens with two attached hydrogens (primary N) is 1. The number of amides is 1. The molecule has 18 heavy (non-hydrogen) atoms. The Morgan fingerprint density at radius 2 is 1.94 bits per heavy atom. The smallest absolute Gasteiger partial charge is 0.296 e. The van der Waals surface area contributed by atoms with Crippen LogP contribution in [0.3, 0.4) is 0 Å². The molecule has 0 spiro atoms. The fraction of sp³-hybridized carbons (Fsp3) is 0.0909. The highest BCUT2D eigenvalue weighted by Gasteiger charge is 2.24. The first kappa shape index (κ1) is 13.1. The number of nitrogens with zero attached hydrogens (tertiary/aromatic N) is 2. The van der Waals surface area contributed by atoms with Gasteiger partial charge in [-0.15, -0.1) is 0 Å². The fourth-order valence-corrected chi connectivity index (χ4v) is 2.71. The largest absolute Gasteiger partial charge is 0.506 e. The second kappa shape index (κ2) is 4.74. The molecule has 0 bridgehead atoms. The summed E-state index contributed by atoms with van der Waals surface area (Å²) < 4.78 is 1.07. The lowest BCUT2D eigenvalue weighted by Gasteiger charge is -2.11. The number of carbonyl (C=O) groups excluding carboxylic acids is 1. The molecule has 7 heteroatoms. The first-order valence-electron chi connectivity index (χ1n) is 4.92. The molecule has 1 aromatic carbocycles. The van der Waals surface area contributed by atoms with Crippen molar-refractivity contribution in [1.29, 1.82) is 0 Å². The topological polar surface area (TPSA) is 78.9 Å². The van der Waals surface area contributed by atoms with Gasteiger partial charge in [-0.2, -0.15) is 4.99 Å². The number of phenols is 1. The van der Waals surface area contributed by atoms with Gasteiger partial charge < -0.3 is 15.7 Å². The predicted molar refractivity (Wildman–Crippen MR) is 75.9 cm³/mol. The van der Waals surface area contributed by atoms with Crippen molar-refractivity contribution in [2.45, 2.75) is 0 Å². The average Bonchev–Trinajstić information content (AvgIpc) is 2.53. The maximum Gasteiger partial charge on any atom is 0.296 e. The van der Waals surface area contributed by atoms with Crippen molar-refractivity contribution in [3.05, 3.63) is 32.3 Å². The van der Waals surface area contributed by atoms with E-state index in [9.17, 15) is 9.90 Å². The number of likely N-dealkylation sites (N-methyl/N-ethyl adjacent to an activating group) is 1. The van der Waals surface area contributed by atoms with Crippen LogP contribution in [0.5, 0.6) is 5.75 Å². The van der Waals surface area contributed by atoms with Crippen LogP contribution >= 0.6 is 31.9 Å². The van der Waals surface area contributed by atoms with E-state index in [1.54, 1.807) is 25.3 Å². The van der Waals surface area contributed by atoms with Gasteiger partial charge in [0, 0.05) is 7.05 Å². The molecule has 0 saturated heterocycles. The molecule has 0 radical (unpaired) electrons. The maximum atomic E-state index is 11.6. The molecule has 1 aliphatic rings. The van der Waals surface area contributed by atoms with Gasteiger partial charge in [0.15, 0.2) is 0 Å². The average molecular weight is 375 g/mol. The minimum atomic E-state index is -0.379. The van der Waals surface area contributed by atoms with Crippen molar-refractivity contribution in [2.75, 3.05) is 7.05 Å². The summed E-state index contributed by atoms with van der Waals surface area (Å²) in [6.45, 7) is 0. The SMILES string of the molecule is CN1C(=Cc2cc(Br)c(O)c(Br)c2)C(=O)N=C1N. The van der Waals surface area contributed by atoms with Gasteiger partial charge >= 0.3 is 0 Å². The predicted octanol–water partition coefficient (Wildman–Crippen LogP) is 2.04. The van der Waals surface area contributed by atoms with Gasteiger partial charge in [-0.05, 0) is 55.6 Å². The molecule has 0 aliphatic carbocycles. The van der Waals surface area contributed by atoms with Gasteiger partial charge in [0.05, 0.1) is 8.95 Å². The summed E-state index contributed by atoms with van der Waals surface area (Å²) in [6, 6.07) is 3.39. The molecule has 1 aliphatic heterocycles. The van der Waals surface area contributed by atoms with Crippen molar-refractivity contribution >= 4 is 49.8 Å². The Hall–Kier alpha value is -1.34. The van der Waals surface area contributed by atoms with Crippen LogP contribution in [0.1, 0.15) is 5.56 Å². The number of phenolic OH excluding ortho intramolecular Hbond substituents is 1. The van der Waals surface area contributed by atoms with Crippen molar-refractivity contribution < 1.29 is 9.90 Å². The van der Waals surface area contributed by atoms with Crippen molar-refractivity contribution in [2.24, 2.45) is 10.7 Å². The number of carbonyl (C=O) groups is 1. The second-order valence-electron chi connectivity index (χ2n) is 3.70. The van der Waals surface area contributed by atoms with Crippen LogP contribution in [0.25, 0.3) is 6.08 Å². The Morgan fingerprint density at radius 1 is 1.39 bits per heavy atom. The van der Waals surface area contributed by atoms with E-state index in [1.807, 2.05) is 0 Å². The standard InChI is InChI=1S/C11H9Br2N3O2/c1-16-8(10(18)15-11(16)14)4-5-2-6(12)9(17)7(13)3-5/h2-4,17H,1H3,(H2,14,15,18). The lowest BCUT2D eigenvalue weighted by molar-refractivity contribution is -0.114. The van der Waals surface area contributed by atoms with Crippen LogP contribution in [0.15, 0.2) is 31.8 Å². The van der Waals surface area contributed by atoms with Crippen LogP contribution < -0.4 is 5.73 Å². The summed E-state index contributed by atoms with van der Waals surface area (Å²) in [6.07, 6.45) is 1.65. The monoisotopic (exact) mass is 373 g/mol. The highest BCUT2D eigenvalue weighted by atomic mass is 79.9. The van der Waals surface area contributed by atoms with E-state index in [-0.39, 0.29) is 17.6 Å². The molecule has 0 atom stereocenters. The third kappa shape index (κ3) is 2.28. The number of rotatable bonds is 1. The fourth-order valence-electron chi connectivity index (χ4n) is 1.49. The van der Waals surface area contributed by atoms with Crippen molar-refractivity contribution in [3.63, 3.8) is 0 Å². The summed E-state index contributed by atoms with van der Waals surface area (Å²) in [4.78, 5) is 16.7. The van der Waals surface area contributed by atoms with Gasteiger partial charge in [0.2, 0.25) is 5.96 Å². The normalized spacial score (nSPS) is 17.5. The van der Waals surface area contributed by atoms with E-state index in [2.05, 4.69) is 36.9 Å².